The van der Waals surface area contributed by atoms with Crippen LogP contribution in [0.3, 0.4) is 0 Å². The minimum Gasteiger partial charge on any atom is -0.329 e. The molecule has 21 heavy (non-hydrogen) atoms. The quantitative estimate of drug-likeness (QED) is 0.798. The Kier molecular flexibility index (Phi) is 6.22. The average molecular weight is 289 g/mol. The number of hydrogen-bond donors (Lipinski definition) is 1. The molecule has 1 aliphatic heterocycles. The summed E-state index contributed by atoms with van der Waals surface area (Å²) in [5, 5.41) is 0. The van der Waals surface area contributed by atoms with Gasteiger partial charge in [-0.25, -0.2) is 0 Å². The first kappa shape index (κ1) is 16.5. The van der Waals surface area contributed by atoms with E-state index in [9.17, 15) is 0 Å². The summed E-state index contributed by atoms with van der Waals surface area (Å²) in [4.78, 5) is 5.19. The smallest absolute Gasteiger partial charge is 0.0470 e. The van der Waals surface area contributed by atoms with Gasteiger partial charge >= 0.3 is 0 Å². The van der Waals surface area contributed by atoms with Crippen molar-refractivity contribution in [2.24, 2.45) is 5.73 Å². The molecule has 1 aromatic rings. The highest BCUT2D eigenvalue weighted by Crippen LogP contribution is 2.28. The van der Waals surface area contributed by atoms with Crippen LogP contribution < -0.4 is 5.73 Å². The van der Waals surface area contributed by atoms with Gasteiger partial charge in [0.05, 0.1) is 0 Å². The summed E-state index contributed by atoms with van der Waals surface area (Å²) in [6, 6.07) is 10.8. The molecule has 3 nitrogen and oxygen atoms in total. The summed E-state index contributed by atoms with van der Waals surface area (Å²) >= 11 is 0. The number of unbranched alkanes of at least 4 members (excludes halogenated alkanes) is 1. The van der Waals surface area contributed by atoms with Gasteiger partial charge in [-0.15, -0.1) is 0 Å². The normalized spacial score (nSPS) is 23.0. The molecular weight excluding hydrogens is 258 g/mol. The van der Waals surface area contributed by atoms with E-state index in [1.54, 1.807) is 0 Å². The lowest BCUT2D eigenvalue weighted by atomic mass is 9.95. The van der Waals surface area contributed by atoms with Crippen LogP contribution >= 0.6 is 0 Å². The Hall–Kier alpha value is -0.900. The molecule has 0 spiro atoms. The second kappa shape index (κ2) is 7.92. The van der Waals surface area contributed by atoms with Crippen molar-refractivity contribution >= 4 is 0 Å². The van der Waals surface area contributed by atoms with Gasteiger partial charge in [0.2, 0.25) is 0 Å². The number of nitrogens with zero attached hydrogens (tertiary/aromatic N) is 2. The third-order valence-corrected chi connectivity index (χ3v) is 4.87. The topological polar surface area (TPSA) is 32.5 Å². The van der Waals surface area contributed by atoms with Crippen molar-refractivity contribution in [3.05, 3.63) is 35.9 Å². The van der Waals surface area contributed by atoms with Crippen LogP contribution in [-0.4, -0.2) is 48.1 Å². The van der Waals surface area contributed by atoms with Crippen LogP contribution in [0.25, 0.3) is 0 Å². The fourth-order valence-electron chi connectivity index (χ4n) is 3.55. The van der Waals surface area contributed by atoms with Crippen LogP contribution in [-0.2, 0) is 6.54 Å². The Morgan fingerprint density at radius 3 is 2.62 bits per heavy atom. The molecule has 2 rings (SSSR count). The van der Waals surface area contributed by atoms with Crippen molar-refractivity contribution in [3.63, 3.8) is 0 Å². The fourth-order valence-corrected chi connectivity index (χ4v) is 3.55. The molecule has 1 unspecified atom stereocenters. The van der Waals surface area contributed by atoms with Gasteiger partial charge in [0, 0.05) is 31.7 Å². The van der Waals surface area contributed by atoms with E-state index >= 15 is 0 Å². The summed E-state index contributed by atoms with van der Waals surface area (Å²) in [6.07, 6.45) is 3.73. The lowest BCUT2D eigenvalue weighted by molar-refractivity contribution is 0.102. The van der Waals surface area contributed by atoms with Gasteiger partial charge in [-0.2, -0.15) is 0 Å². The van der Waals surface area contributed by atoms with Gasteiger partial charge in [-0.3, -0.25) is 9.80 Å². The number of likely N-dealkylation sites (N-methyl/N-ethyl adjacent to an activating group) is 1. The Morgan fingerprint density at radius 1 is 1.24 bits per heavy atom. The van der Waals surface area contributed by atoms with Crippen molar-refractivity contribution in [3.8, 4) is 0 Å². The van der Waals surface area contributed by atoms with Crippen LogP contribution in [0.5, 0.6) is 0 Å². The maximum Gasteiger partial charge on any atom is 0.0470 e. The van der Waals surface area contributed by atoms with Crippen LogP contribution in [0.15, 0.2) is 30.3 Å². The third-order valence-electron chi connectivity index (χ3n) is 4.87. The molecule has 0 radical (unpaired) electrons. The minimum atomic E-state index is 0.193. The summed E-state index contributed by atoms with van der Waals surface area (Å²) in [5.41, 5.74) is 7.80. The molecule has 0 bridgehead atoms. The van der Waals surface area contributed by atoms with E-state index in [1.165, 1.54) is 31.4 Å². The molecule has 0 saturated carbocycles. The van der Waals surface area contributed by atoms with Crippen LogP contribution in [0, 0.1) is 0 Å². The minimum absolute atomic E-state index is 0.193. The predicted octanol–water partition coefficient (Wildman–Crippen LogP) is 2.71. The molecule has 1 saturated heterocycles. The average Bonchev–Trinajstić information content (AvgIpc) is 2.93. The van der Waals surface area contributed by atoms with Crippen molar-refractivity contribution in [1.29, 1.82) is 0 Å². The highest BCUT2D eigenvalue weighted by molar-refractivity contribution is 5.15. The van der Waals surface area contributed by atoms with E-state index in [1.807, 2.05) is 0 Å². The maximum atomic E-state index is 6.20. The Bertz CT molecular complexity index is 406. The standard InChI is InChI=1S/C18H31N3/c1-3-5-12-21(4-2)18(15-19)11-13-20(16-18)14-17-9-7-6-8-10-17/h6-10H,3-5,11-16,19H2,1-2H3. The summed E-state index contributed by atoms with van der Waals surface area (Å²) in [6.45, 7) is 10.9. The molecule has 1 aromatic carbocycles. The number of nitrogens with two attached hydrogens (primary N) is 1. The Balaban J connectivity index is 1.99. The monoisotopic (exact) mass is 289 g/mol. The van der Waals surface area contributed by atoms with E-state index in [0.29, 0.717) is 0 Å². The molecular formula is C18H31N3. The molecule has 2 N–H and O–H groups in total. The highest BCUT2D eigenvalue weighted by atomic mass is 15.3. The number of rotatable bonds is 8. The molecule has 3 heteroatoms. The van der Waals surface area contributed by atoms with E-state index in [4.69, 9.17) is 5.73 Å². The second-order valence-corrected chi connectivity index (χ2v) is 6.31. The Morgan fingerprint density at radius 2 is 2.00 bits per heavy atom. The predicted molar refractivity (Wildman–Crippen MR) is 90.3 cm³/mol. The van der Waals surface area contributed by atoms with Gasteiger partial charge in [0.25, 0.3) is 0 Å². The summed E-state index contributed by atoms with van der Waals surface area (Å²) < 4.78 is 0. The third kappa shape index (κ3) is 4.06. The maximum absolute atomic E-state index is 6.20. The molecule has 0 aliphatic carbocycles. The van der Waals surface area contributed by atoms with Gasteiger partial charge in [-0.05, 0) is 31.5 Å². The lowest BCUT2D eigenvalue weighted by Gasteiger charge is -2.40. The van der Waals surface area contributed by atoms with Gasteiger partial charge in [0.15, 0.2) is 0 Å². The Labute approximate surface area is 130 Å². The molecule has 118 valence electrons. The first-order valence-corrected chi connectivity index (χ1v) is 8.45. The van der Waals surface area contributed by atoms with Crippen molar-refractivity contribution in [2.75, 3.05) is 32.7 Å². The van der Waals surface area contributed by atoms with E-state index in [-0.39, 0.29) is 5.54 Å². The second-order valence-electron chi connectivity index (χ2n) is 6.31. The van der Waals surface area contributed by atoms with E-state index < -0.39 is 0 Å². The zero-order valence-electron chi connectivity index (χ0n) is 13.7. The summed E-state index contributed by atoms with van der Waals surface area (Å²) in [5.74, 6) is 0. The molecule has 1 aliphatic rings. The summed E-state index contributed by atoms with van der Waals surface area (Å²) in [7, 11) is 0. The first-order chi connectivity index (χ1) is 10.2. The van der Waals surface area contributed by atoms with Crippen molar-refractivity contribution in [2.45, 2.75) is 45.2 Å². The van der Waals surface area contributed by atoms with Gasteiger partial charge in [0.1, 0.15) is 0 Å². The van der Waals surface area contributed by atoms with E-state index in [2.05, 4.69) is 54.0 Å². The largest absolute Gasteiger partial charge is 0.329 e. The molecule has 1 fully saturated rings. The van der Waals surface area contributed by atoms with Crippen LogP contribution in [0.1, 0.15) is 38.7 Å². The zero-order valence-corrected chi connectivity index (χ0v) is 13.7. The number of benzene rings is 1. The molecule has 0 aromatic heterocycles. The number of likely N-dealkylation sites (tertiary alicyclic amines) is 1. The van der Waals surface area contributed by atoms with Crippen LogP contribution in [0.4, 0.5) is 0 Å². The van der Waals surface area contributed by atoms with Gasteiger partial charge in [-0.1, -0.05) is 50.6 Å². The molecule has 1 atom stereocenters. The molecule has 1 heterocycles. The SMILES string of the molecule is CCCCN(CC)C1(CN)CCN(Cc2ccccc2)C1. The van der Waals surface area contributed by atoms with Crippen molar-refractivity contribution < 1.29 is 0 Å². The molecule has 0 amide bonds. The fraction of sp³-hybridized carbons (Fsp3) is 0.667. The van der Waals surface area contributed by atoms with Gasteiger partial charge < -0.3 is 5.73 Å². The van der Waals surface area contributed by atoms with Crippen molar-refractivity contribution in [1.82, 2.24) is 9.80 Å². The zero-order chi connectivity index (χ0) is 15.1. The van der Waals surface area contributed by atoms with Crippen LogP contribution in [0.2, 0.25) is 0 Å². The first-order valence-electron chi connectivity index (χ1n) is 8.45. The number of hydrogen-bond acceptors (Lipinski definition) is 3. The van der Waals surface area contributed by atoms with E-state index in [0.717, 1.165) is 32.7 Å². The highest BCUT2D eigenvalue weighted by Gasteiger charge is 2.40. The lowest BCUT2D eigenvalue weighted by Crippen LogP contribution is -2.55.